The van der Waals surface area contributed by atoms with Crippen LogP contribution in [-0.4, -0.2) is 30.0 Å². The van der Waals surface area contributed by atoms with Crippen molar-refractivity contribution >= 4 is 17.4 Å². The quantitative estimate of drug-likeness (QED) is 0.386. The Balaban J connectivity index is 1.45. The Hall–Kier alpha value is -3.87. The number of carbonyl (C=O) groups excluding carboxylic acids is 2. The molecule has 166 valence electrons. The van der Waals surface area contributed by atoms with Gasteiger partial charge in [-0.3, -0.25) is 14.4 Å². The molecule has 0 aliphatic carbocycles. The summed E-state index contributed by atoms with van der Waals surface area (Å²) in [5.41, 5.74) is 2.16. The number of amides is 1. The van der Waals surface area contributed by atoms with E-state index in [9.17, 15) is 14.4 Å². The van der Waals surface area contributed by atoms with E-state index in [1.807, 2.05) is 30.3 Å². The van der Waals surface area contributed by atoms with Crippen LogP contribution in [0.25, 0.3) is 0 Å². The maximum atomic E-state index is 12.2. The van der Waals surface area contributed by atoms with Crippen molar-refractivity contribution in [1.82, 2.24) is 4.57 Å². The van der Waals surface area contributed by atoms with E-state index in [1.54, 1.807) is 35.0 Å². The van der Waals surface area contributed by atoms with E-state index in [1.165, 1.54) is 20.1 Å². The lowest BCUT2D eigenvalue weighted by Gasteiger charge is -2.12. The largest absolute Gasteiger partial charge is 0.493 e. The van der Waals surface area contributed by atoms with Gasteiger partial charge in [-0.2, -0.15) is 0 Å². The van der Waals surface area contributed by atoms with Gasteiger partial charge in [0, 0.05) is 29.9 Å². The highest BCUT2D eigenvalue weighted by Gasteiger charge is 2.09. The normalized spacial score (nSPS) is 10.4. The third-order valence-corrected chi connectivity index (χ3v) is 4.87. The molecule has 3 aromatic rings. The van der Waals surface area contributed by atoms with Gasteiger partial charge >= 0.3 is 0 Å². The van der Waals surface area contributed by atoms with Crippen LogP contribution in [0.5, 0.6) is 11.5 Å². The molecule has 7 heteroatoms. The van der Waals surface area contributed by atoms with E-state index < -0.39 is 0 Å². The number of ketones is 1. The topological polar surface area (TPSA) is 86.6 Å². The Bertz CT molecular complexity index is 1140. The van der Waals surface area contributed by atoms with Crippen molar-refractivity contribution in [2.24, 2.45) is 0 Å². The van der Waals surface area contributed by atoms with Gasteiger partial charge in [-0.15, -0.1) is 0 Å². The second-order valence-electron chi connectivity index (χ2n) is 7.29. The molecule has 0 aliphatic heterocycles. The molecular formula is C25H26N2O5. The van der Waals surface area contributed by atoms with Crippen molar-refractivity contribution in [3.8, 4) is 11.5 Å². The van der Waals surface area contributed by atoms with Crippen molar-refractivity contribution in [3.63, 3.8) is 0 Å². The van der Waals surface area contributed by atoms with Gasteiger partial charge < -0.3 is 19.4 Å². The molecule has 0 atom stereocenters. The van der Waals surface area contributed by atoms with Crippen LogP contribution in [0, 0.1) is 0 Å². The highest BCUT2D eigenvalue weighted by atomic mass is 16.5. The van der Waals surface area contributed by atoms with Crippen LogP contribution >= 0.6 is 0 Å². The number of aromatic nitrogens is 1. The zero-order valence-electron chi connectivity index (χ0n) is 18.2. The van der Waals surface area contributed by atoms with Crippen LogP contribution in [0.3, 0.4) is 0 Å². The molecule has 1 heterocycles. The number of pyridine rings is 1. The number of rotatable bonds is 10. The van der Waals surface area contributed by atoms with Crippen LogP contribution < -0.4 is 20.3 Å². The Morgan fingerprint density at radius 1 is 1.00 bits per heavy atom. The lowest BCUT2D eigenvalue weighted by molar-refractivity contribution is -0.116. The van der Waals surface area contributed by atoms with E-state index in [0.717, 1.165) is 5.56 Å². The smallest absolute Gasteiger partial charge is 0.250 e. The Labute approximate surface area is 186 Å². The third-order valence-electron chi connectivity index (χ3n) is 4.87. The molecule has 0 saturated carbocycles. The van der Waals surface area contributed by atoms with Gasteiger partial charge in [-0.1, -0.05) is 18.2 Å². The summed E-state index contributed by atoms with van der Waals surface area (Å²) < 4.78 is 12.6. The van der Waals surface area contributed by atoms with Crippen molar-refractivity contribution in [2.45, 2.75) is 26.3 Å². The second-order valence-corrected chi connectivity index (χ2v) is 7.29. The monoisotopic (exact) mass is 434 g/mol. The lowest BCUT2D eigenvalue weighted by Crippen LogP contribution is -2.18. The van der Waals surface area contributed by atoms with Crippen molar-refractivity contribution in [1.29, 1.82) is 0 Å². The maximum absolute atomic E-state index is 12.2. The first-order valence-electron chi connectivity index (χ1n) is 10.3. The van der Waals surface area contributed by atoms with Gasteiger partial charge in [-0.05, 0) is 55.3 Å². The number of anilines is 1. The van der Waals surface area contributed by atoms with E-state index in [2.05, 4.69) is 5.32 Å². The zero-order chi connectivity index (χ0) is 22.9. The number of ether oxygens (including phenoxy) is 2. The number of hydrogen-bond donors (Lipinski definition) is 1. The fourth-order valence-corrected chi connectivity index (χ4v) is 3.13. The molecule has 1 aromatic heterocycles. The minimum Gasteiger partial charge on any atom is -0.493 e. The van der Waals surface area contributed by atoms with Crippen LogP contribution in [0.4, 0.5) is 5.69 Å². The Morgan fingerprint density at radius 2 is 1.78 bits per heavy atom. The molecule has 0 fully saturated rings. The average molecular weight is 434 g/mol. The van der Waals surface area contributed by atoms with Gasteiger partial charge in [-0.25, -0.2) is 0 Å². The molecule has 1 N–H and O–H groups in total. The average Bonchev–Trinajstić information content (AvgIpc) is 2.79. The van der Waals surface area contributed by atoms with Gasteiger partial charge in [0.25, 0.3) is 5.56 Å². The number of hydrogen-bond acceptors (Lipinski definition) is 5. The van der Waals surface area contributed by atoms with Crippen molar-refractivity contribution in [3.05, 3.63) is 88.3 Å². The first-order valence-corrected chi connectivity index (χ1v) is 10.3. The number of nitrogens with one attached hydrogen (secondary N) is 1. The molecule has 0 bridgehead atoms. The summed E-state index contributed by atoms with van der Waals surface area (Å²) >= 11 is 0. The van der Waals surface area contributed by atoms with Gasteiger partial charge in [0.2, 0.25) is 5.91 Å². The summed E-state index contributed by atoms with van der Waals surface area (Å²) in [4.78, 5) is 35.5. The number of carbonyl (C=O) groups is 2. The maximum Gasteiger partial charge on any atom is 0.250 e. The van der Waals surface area contributed by atoms with Gasteiger partial charge in [0.05, 0.1) is 20.3 Å². The van der Waals surface area contributed by atoms with E-state index >= 15 is 0 Å². The predicted octanol–water partition coefficient (Wildman–Crippen LogP) is 3.91. The van der Waals surface area contributed by atoms with E-state index in [4.69, 9.17) is 9.47 Å². The molecular weight excluding hydrogens is 408 g/mol. The molecule has 7 nitrogen and oxygen atoms in total. The summed E-state index contributed by atoms with van der Waals surface area (Å²) in [6.45, 7) is 2.31. The number of nitrogens with zero attached hydrogens (tertiary/aromatic N) is 1. The first-order chi connectivity index (χ1) is 15.5. The molecule has 0 spiro atoms. The summed E-state index contributed by atoms with van der Waals surface area (Å²) in [5, 5.41) is 2.86. The van der Waals surface area contributed by atoms with Gasteiger partial charge in [0.1, 0.15) is 0 Å². The van der Waals surface area contributed by atoms with Crippen LogP contribution in [0.2, 0.25) is 0 Å². The minimum absolute atomic E-state index is 0.0477. The Morgan fingerprint density at radius 3 is 2.47 bits per heavy atom. The van der Waals surface area contributed by atoms with Crippen molar-refractivity contribution in [2.75, 3.05) is 19.0 Å². The molecule has 0 radical (unpaired) electrons. The molecule has 0 saturated heterocycles. The summed E-state index contributed by atoms with van der Waals surface area (Å²) in [6.07, 6.45) is 2.57. The minimum atomic E-state index is -0.112. The van der Waals surface area contributed by atoms with Crippen LogP contribution in [0.1, 0.15) is 35.7 Å². The summed E-state index contributed by atoms with van der Waals surface area (Å²) in [5.74, 6) is 0.860. The standard InChI is InChI=1S/C25H26N2O5/c1-18(28)20-10-13-22(23(16-20)31-2)32-15-5-6-24(29)26-21-11-8-19(9-12-21)17-27-14-4-3-7-25(27)30/h3-4,7-14,16H,5-6,15,17H2,1-2H3,(H,26,29). The second kappa shape index (κ2) is 10.9. The molecule has 0 aliphatic rings. The number of Topliss-reactive ketones (excluding diaryl/α,β-unsaturated/α-hetero) is 1. The number of methoxy groups -OCH3 is 1. The molecule has 3 rings (SSSR count). The predicted molar refractivity (Wildman–Crippen MR) is 123 cm³/mol. The van der Waals surface area contributed by atoms with Crippen LogP contribution in [-0.2, 0) is 11.3 Å². The fourth-order valence-electron chi connectivity index (χ4n) is 3.13. The molecule has 2 aromatic carbocycles. The zero-order valence-corrected chi connectivity index (χ0v) is 18.2. The first kappa shape index (κ1) is 22.8. The van der Waals surface area contributed by atoms with E-state index in [0.29, 0.717) is 48.7 Å². The summed E-state index contributed by atoms with van der Waals surface area (Å²) in [7, 11) is 1.52. The lowest BCUT2D eigenvalue weighted by atomic mass is 10.1. The Kier molecular flexibility index (Phi) is 7.80. The highest BCUT2D eigenvalue weighted by molar-refractivity contribution is 5.94. The highest BCUT2D eigenvalue weighted by Crippen LogP contribution is 2.28. The summed E-state index contributed by atoms with van der Waals surface area (Å²) in [6, 6.07) is 17.5. The molecule has 1 amide bonds. The fraction of sp³-hybridized carbons (Fsp3) is 0.240. The molecule has 0 unspecified atom stereocenters. The van der Waals surface area contributed by atoms with E-state index in [-0.39, 0.29) is 17.2 Å². The molecule has 32 heavy (non-hydrogen) atoms. The number of benzene rings is 2. The van der Waals surface area contributed by atoms with Crippen LogP contribution in [0.15, 0.2) is 71.7 Å². The SMILES string of the molecule is COc1cc(C(C)=O)ccc1OCCCC(=O)Nc1ccc(Cn2ccccc2=O)cc1. The van der Waals surface area contributed by atoms with Crippen molar-refractivity contribution < 1.29 is 19.1 Å². The van der Waals surface area contributed by atoms with Gasteiger partial charge in [0.15, 0.2) is 17.3 Å². The third kappa shape index (κ3) is 6.31.